The zero-order valence-corrected chi connectivity index (χ0v) is 13.1. The molecule has 2 atom stereocenters. The van der Waals surface area contributed by atoms with Gasteiger partial charge in [-0.1, -0.05) is 44.2 Å². The van der Waals surface area contributed by atoms with E-state index < -0.39 is 10.0 Å². The minimum atomic E-state index is -3.20. The summed E-state index contributed by atoms with van der Waals surface area (Å²) >= 11 is 0. The van der Waals surface area contributed by atoms with Gasteiger partial charge in [-0.15, -0.1) is 0 Å². The first-order valence-electron chi connectivity index (χ1n) is 7.28. The SMILES string of the molecule is CCNC1CCN(S(=O)(=O)Cc2ccccc2)CC1C. The highest BCUT2D eigenvalue weighted by molar-refractivity contribution is 7.88. The standard InChI is InChI=1S/C15H24N2O2S/c1-3-16-15-9-10-17(11-13(15)2)20(18,19)12-14-7-5-4-6-8-14/h4-8,13,15-16H,3,9-12H2,1-2H3. The van der Waals surface area contributed by atoms with Crippen LogP contribution in [0.15, 0.2) is 30.3 Å². The van der Waals surface area contributed by atoms with Crippen LogP contribution < -0.4 is 5.32 Å². The van der Waals surface area contributed by atoms with Gasteiger partial charge in [-0.3, -0.25) is 0 Å². The molecule has 0 amide bonds. The van der Waals surface area contributed by atoms with Crippen molar-refractivity contribution in [2.24, 2.45) is 5.92 Å². The van der Waals surface area contributed by atoms with Gasteiger partial charge in [-0.2, -0.15) is 0 Å². The van der Waals surface area contributed by atoms with Gasteiger partial charge in [0, 0.05) is 19.1 Å². The molecule has 1 N–H and O–H groups in total. The maximum absolute atomic E-state index is 12.5. The summed E-state index contributed by atoms with van der Waals surface area (Å²) in [6.45, 7) is 6.39. The number of piperidine rings is 1. The predicted octanol–water partition coefficient (Wildman–Crippen LogP) is 1.84. The van der Waals surface area contributed by atoms with Gasteiger partial charge in [-0.25, -0.2) is 12.7 Å². The maximum atomic E-state index is 12.5. The average Bonchev–Trinajstić information content (AvgIpc) is 2.42. The van der Waals surface area contributed by atoms with E-state index in [2.05, 4.69) is 19.2 Å². The van der Waals surface area contributed by atoms with Crippen molar-refractivity contribution >= 4 is 10.0 Å². The number of rotatable bonds is 5. The quantitative estimate of drug-likeness (QED) is 0.902. The van der Waals surface area contributed by atoms with Crippen molar-refractivity contribution in [1.29, 1.82) is 0 Å². The van der Waals surface area contributed by atoms with Crippen molar-refractivity contribution in [3.8, 4) is 0 Å². The summed E-state index contributed by atoms with van der Waals surface area (Å²) in [5.41, 5.74) is 0.856. The lowest BCUT2D eigenvalue weighted by atomic mass is 9.95. The number of hydrogen-bond acceptors (Lipinski definition) is 3. The van der Waals surface area contributed by atoms with Crippen molar-refractivity contribution in [3.63, 3.8) is 0 Å². The average molecular weight is 296 g/mol. The van der Waals surface area contributed by atoms with E-state index in [0.717, 1.165) is 18.5 Å². The van der Waals surface area contributed by atoms with Crippen molar-refractivity contribution in [3.05, 3.63) is 35.9 Å². The van der Waals surface area contributed by atoms with Gasteiger partial charge in [0.2, 0.25) is 10.0 Å². The molecule has 0 bridgehead atoms. The second-order valence-corrected chi connectivity index (χ2v) is 7.50. The number of nitrogens with zero attached hydrogens (tertiary/aromatic N) is 1. The molecule has 5 heteroatoms. The molecular formula is C15H24N2O2S. The highest BCUT2D eigenvalue weighted by Gasteiger charge is 2.31. The van der Waals surface area contributed by atoms with Crippen molar-refractivity contribution in [2.45, 2.75) is 32.1 Å². The van der Waals surface area contributed by atoms with Crippen LogP contribution in [0.1, 0.15) is 25.8 Å². The molecule has 1 heterocycles. The summed E-state index contributed by atoms with van der Waals surface area (Å²) in [7, 11) is -3.20. The van der Waals surface area contributed by atoms with Crippen LogP contribution in [0.4, 0.5) is 0 Å². The van der Waals surface area contributed by atoms with Crippen LogP contribution in [0, 0.1) is 5.92 Å². The third-order valence-corrected chi connectivity index (χ3v) is 5.74. The Morgan fingerprint density at radius 3 is 2.60 bits per heavy atom. The fourth-order valence-corrected chi connectivity index (χ4v) is 4.44. The molecule has 0 radical (unpaired) electrons. The zero-order valence-electron chi connectivity index (χ0n) is 12.2. The molecule has 0 aromatic heterocycles. The van der Waals surface area contributed by atoms with Crippen molar-refractivity contribution < 1.29 is 8.42 Å². The number of benzene rings is 1. The Balaban J connectivity index is 2.01. The number of sulfonamides is 1. The first kappa shape index (κ1) is 15.5. The zero-order chi connectivity index (χ0) is 14.6. The van der Waals surface area contributed by atoms with E-state index in [0.29, 0.717) is 25.0 Å². The Hall–Kier alpha value is -0.910. The van der Waals surface area contributed by atoms with Crippen LogP contribution in [0.25, 0.3) is 0 Å². The van der Waals surface area contributed by atoms with Crippen LogP contribution in [0.5, 0.6) is 0 Å². The summed E-state index contributed by atoms with van der Waals surface area (Å²) in [5, 5.41) is 3.43. The van der Waals surface area contributed by atoms with Crippen LogP contribution in [0.3, 0.4) is 0 Å². The molecule has 1 aromatic rings. The summed E-state index contributed by atoms with van der Waals surface area (Å²) in [6, 6.07) is 9.83. The molecule has 0 spiro atoms. The lowest BCUT2D eigenvalue weighted by molar-refractivity contribution is 0.222. The molecule has 1 aliphatic heterocycles. The van der Waals surface area contributed by atoms with Gasteiger partial charge in [0.05, 0.1) is 5.75 Å². The first-order valence-corrected chi connectivity index (χ1v) is 8.89. The largest absolute Gasteiger partial charge is 0.314 e. The smallest absolute Gasteiger partial charge is 0.218 e. The molecule has 0 saturated carbocycles. The predicted molar refractivity (Wildman–Crippen MR) is 81.9 cm³/mol. The van der Waals surface area contributed by atoms with Crippen molar-refractivity contribution in [1.82, 2.24) is 9.62 Å². The van der Waals surface area contributed by atoms with Gasteiger partial charge in [-0.05, 0) is 24.4 Å². The molecule has 2 rings (SSSR count). The minimum Gasteiger partial charge on any atom is -0.314 e. The van der Waals surface area contributed by atoms with Gasteiger partial charge in [0.15, 0.2) is 0 Å². The van der Waals surface area contributed by atoms with E-state index in [1.54, 1.807) is 4.31 Å². The van der Waals surface area contributed by atoms with Crippen molar-refractivity contribution in [2.75, 3.05) is 19.6 Å². The Morgan fingerprint density at radius 2 is 2.00 bits per heavy atom. The summed E-state index contributed by atoms with van der Waals surface area (Å²) in [6.07, 6.45) is 0.892. The topological polar surface area (TPSA) is 49.4 Å². The second-order valence-electron chi connectivity index (χ2n) is 5.53. The second kappa shape index (κ2) is 6.70. The van der Waals surface area contributed by atoms with E-state index in [9.17, 15) is 8.42 Å². The third kappa shape index (κ3) is 3.81. The molecule has 2 unspecified atom stereocenters. The third-order valence-electron chi connectivity index (χ3n) is 3.92. The van der Waals surface area contributed by atoms with Gasteiger partial charge < -0.3 is 5.32 Å². The lowest BCUT2D eigenvalue weighted by Gasteiger charge is -2.36. The monoisotopic (exact) mass is 296 g/mol. The van der Waals surface area contributed by atoms with Crippen LogP contribution >= 0.6 is 0 Å². The first-order chi connectivity index (χ1) is 9.53. The highest BCUT2D eigenvalue weighted by atomic mass is 32.2. The minimum absolute atomic E-state index is 0.104. The molecule has 4 nitrogen and oxygen atoms in total. The summed E-state index contributed by atoms with van der Waals surface area (Å²) < 4.78 is 26.6. The molecule has 0 aliphatic carbocycles. The molecular weight excluding hydrogens is 272 g/mol. The normalized spacial score (nSPS) is 24.7. The molecule has 1 aliphatic rings. The van der Waals surface area contributed by atoms with Crippen LogP contribution in [-0.2, 0) is 15.8 Å². The Morgan fingerprint density at radius 1 is 1.30 bits per heavy atom. The highest BCUT2D eigenvalue weighted by Crippen LogP contribution is 2.21. The molecule has 1 saturated heterocycles. The maximum Gasteiger partial charge on any atom is 0.218 e. The molecule has 20 heavy (non-hydrogen) atoms. The van der Waals surface area contributed by atoms with Crippen LogP contribution in [0.2, 0.25) is 0 Å². The van der Waals surface area contributed by atoms with E-state index in [4.69, 9.17) is 0 Å². The van der Waals surface area contributed by atoms with E-state index >= 15 is 0 Å². The Kier molecular flexibility index (Phi) is 5.18. The fraction of sp³-hybridized carbons (Fsp3) is 0.600. The number of hydrogen-bond donors (Lipinski definition) is 1. The van der Waals surface area contributed by atoms with E-state index in [1.165, 1.54) is 0 Å². The van der Waals surface area contributed by atoms with E-state index in [1.807, 2.05) is 30.3 Å². The summed E-state index contributed by atoms with van der Waals surface area (Å²) in [4.78, 5) is 0. The van der Waals surface area contributed by atoms with Gasteiger partial charge in [0.1, 0.15) is 0 Å². The lowest BCUT2D eigenvalue weighted by Crippen LogP contribution is -2.50. The molecule has 1 fully saturated rings. The Labute approximate surface area is 122 Å². The fourth-order valence-electron chi connectivity index (χ4n) is 2.80. The van der Waals surface area contributed by atoms with Gasteiger partial charge >= 0.3 is 0 Å². The molecule has 1 aromatic carbocycles. The molecule has 112 valence electrons. The summed E-state index contributed by atoms with van der Waals surface area (Å²) in [5.74, 6) is 0.459. The number of nitrogens with one attached hydrogen (secondary N) is 1. The van der Waals surface area contributed by atoms with Crippen LogP contribution in [-0.4, -0.2) is 38.4 Å². The van der Waals surface area contributed by atoms with Gasteiger partial charge in [0.25, 0.3) is 0 Å². The Bertz CT molecular complexity index is 516. The van der Waals surface area contributed by atoms with E-state index in [-0.39, 0.29) is 5.75 Å².